The minimum absolute atomic E-state index is 0.0242. The molecule has 7 N–H and O–H groups in total. The molecule has 4 saturated heterocycles. The Balaban J connectivity index is 1.33. The van der Waals surface area contributed by atoms with Gasteiger partial charge in [0.05, 0.1) is 12.6 Å². The smallest absolute Gasteiger partial charge is 0.250 e. The molecule has 2 spiro atoms. The molecule has 0 aliphatic carbocycles. The molecule has 174 valence electrons. The van der Waals surface area contributed by atoms with E-state index < -0.39 is 58.7 Å². The zero-order valence-corrected chi connectivity index (χ0v) is 17.6. The largest absolute Gasteiger partial charge is 0.508 e. The Labute approximate surface area is 188 Å². The maximum atomic E-state index is 13.3. The average molecular weight is 456 g/mol. The summed E-state index contributed by atoms with van der Waals surface area (Å²) in [7, 11) is 0. The van der Waals surface area contributed by atoms with Crippen molar-refractivity contribution >= 4 is 29.5 Å². The minimum atomic E-state index is -1.42. The lowest BCUT2D eigenvalue weighted by molar-refractivity contribution is -0.152. The van der Waals surface area contributed by atoms with Crippen molar-refractivity contribution in [3.05, 3.63) is 29.8 Å². The van der Waals surface area contributed by atoms with Crippen LogP contribution in [0.4, 0.5) is 0 Å². The summed E-state index contributed by atoms with van der Waals surface area (Å²) in [5, 5.41) is 20.5. The van der Waals surface area contributed by atoms with E-state index >= 15 is 0 Å². The van der Waals surface area contributed by atoms with Crippen LogP contribution in [0.2, 0.25) is 0 Å². The third-order valence-corrected chi connectivity index (χ3v) is 7.04. The summed E-state index contributed by atoms with van der Waals surface area (Å²) in [5.74, 6) is -2.25. The Morgan fingerprint density at radius 1 is 1.06 bits per heavy atom. The number of carbonyl (C=O) groups is 5. The molecular formula is C21H24N6O6. The van der Waals surface area contributed by atoms with Crippen molar-refractivity contribution in [2.24, 2.45) is 5.73 Å². The number of hydrogen-bond donors (Lipinski definition) is 6. The lowest BCUT2D eigenvalue weighted by atomic mass is 9.88. The number of nitrogens with one attached hydrogen (secondary N) is 4. The Kier molecular flexibility index (Phi) is 4.60. The molecule has 1 aromatic carbocycles. The molecule has 0 bridgehead atoms. The summed E-state index contributed by atoms with van der Waals surface area (Å²) in [4.78, 5) is 65.1. The molecule has 0 saturated carbocycles. The number of piperazine rings is 2. The number of carbonyl (C=O) groups excluding carboxylic acids is 5. The van der Waals surface area contributed by atoms with E-state index in [1.54, 1.807) is 12.1 Å². The molecule has 1 aromatic rings. The highest BCUT2D eigenvalue weighted by Crippen LogP contribution is 2.37. The van der Waals surface area contributed by atoms with Crippen LogP contribution in [0.1, 0.15) is 18.4 Å². The minimum Gasteiger partial charge on any atom is -0.508 e. The van der Waals surface area contributed by atoms with Crippen LogP contribution in [-0.2, 0) is 30.4 Å². The summed E-state index contributed by atoms with van der Waals surface area (Å²) in [6, 6.07) is 3.83. The molecule has 5 amide bonds. The standard InChI is InChI=1S/C21H24N6O6/c22-15(29)13-6-20(8-23-13)19(33)27-9-21(7-14(27)17(31)26-20)18(32)24-12(16(30)25-21)5-10-1-3-11(28)4-2-10/h1-4,12-14,23,28H,5-9H2,(H2,22,29)(H,24,32)(H,25,30)(H,26,31)/t12-,13?,14?,20-,21-/m0/s1. The molecule has 5 rings (SSSR count). The van der Waals surface area contributed by atoms with Gasteiger partial charge < -0.3 is 37.0 Å². The maximum absolute atomic E-state index is 13.3. The van der Waals surface area contributed by atoms with Crippen LogP contribution in [0.15, 0.2) is 24.3 Å². The fourth-order valence-electron chi connectivity index (χ4n) is 5.26. The van der Waals surface area contributed by atoms with Crippen LogP contribution in [0.3, 0.4) is 0 Å². The van der Waals surface area contributed by atoms with Gasteiger partial charge in [0.1, 0.15) is 28.9 Å². The average Bonchev–Trinajstić information content (AvgIpc) is 3.36. The van der Waals surface area contributed by atoms with Crippen LogP contribution < -0.4 is 27.0 Å². The van der Waals surface area contributed by atoms with Gasteiger partial charge in [-0.2, -0.15) is 0 Å². The van der Waals surface area contributed by atoms with Gasteiger partial charge in [0.15, 0.2) is 0 Å². The summed E-state index contributed by atoms with van der Waals surface area (Å²) >= 11 is 0. The van der Waals surface area contributed by atoms with Crippen molar-refractivity contribution in [2.45, 2.75) is 48.5 Å². The maximum Gasteiger partial charge on any atom is 0.250 e. The van der Waals surface area contributed by atoms with E-state index in [1.165, 1.54) is 17.0 Å². The van der Waals surface area contributed by atoms with E-state index in [0.29, 0.717) is 0 Å². The molecule has 4 fully saturated rings. The monoisotopic (exact) mass is 456 g/mol. The number of fused-ring (bicyclic) bond motifs is 1. The highest BCUT2D eigenvalue weighted by atomic mass is 16.3. The SMILES string of the molecule is NC(=O)C1C[C@@]2(CN1)NC(=O)C1C[C@@]3(CN1C2=O)NC(=O)[C@H](Cc1ccc(O)cc1)NC3=O. The summed E-state index contributed by atoms with van der Waals surface area (Å²) in [6.07, 6.45) is 0.205. The van der Waals surface area contributed by atoms with E-state index in [1.807, 2.05) is 0 Å². The van der Waals surface area contributed by atoms with Crippen molar-refractivity contribution < 1.29 is 29.1 Å². The van der Waals surface area contributed by atoms with Crippen molar-refractivity contribution in [1.29, 1.82) is 0 Å². The second-order valence-electron chi connectivity index (χ2n) is 9.23. The second kappa shape index (κ2) is 7.17. The topological polar surface area (TPSA) is 183 Å². The first-order chi connectivity index (χ1) is 15.6. The Morgan fingerprint density at radius 2 is 1.76 bits per heavy atom. The summed E-state index contributed by atoms with van der Waals surface area (Å²) < 4.78 is 0. The van der Waals surface area contributed by atoms with Crippen LogP contribution in [-0.4, -0.2) is 81.8 Å². The van der Waals surface area contributed by atoms with Crippen LogP contribution in [0.5, 0.6) is 5.75 Å². The molecule has 4 aliphatic rings. The van der Waals surface area contributed by atoms with Crippen molar-refractivity contribution in [2.75, 3.05) is 13.1 Å². The molecule has 33 heavy (non-hydrogen) atoms. The molecule has 4 aliphatic heterocycles. The molecule has 0 aromatic heterocycles. The van der Waals surface area contributed by atoms with Gasteiger partial charge in [-0.25, -0.2) is 0 Å². The van der Waals surface area contributed by atoms with E-state index in [0.717, 1.165) is 5.56 Å². The highest BCUT2D eigenvalue weighted by Gasteiger charge is 2.63. The number of aromatic hydroxyl groups is 1. The van der Waals surface area contributed by atoms with Crippen LogP contribution in [0.25, 0.3) is 0 Å². The lowest BCUT2D eigenvalue weighted by Crippen LogP contribution is -2.71. The molecule has 5 atom stereocenters. The van der Waals surface area contributed by atoms with Crippen molar-refractivity contribution in [3.63, 3.8) is 0 Å². The van der Waals surface area contributed by atoms with Gasteiger partial charge in [0, 0.05) is 25.8 Å². The van der Waals surface area contributed by atoms with Crippen molar-refractivity contribution in [1.82, 2.24) is 26.2 Å². The van der Waals surface area contributed by atoms with Crippen LogP contribution >= 0.6 is 0 Å². The number of amides is 5. The highest BCUT2D eigenvalue weighted by molar-refractivity contribution is 6.06. The normalized spacial score (nSPS) is 35.4. The van der Waals surface area contributed by atoms with E-state index in [9.17, 15) is 29.1 Å². The van der Waals surface area contributed by atoms with Crippen LogP contribution in [0, 0.1) is 0 Å². The molecule has 4 heterocycles. The number of rotatable bonds is 3. The van der Waals surface area contributed by atoms with Gasteiger partial charge in [-0.3, -0.25) is 24.0 Å². The molecule has 0 radical (unpaired) electrons. The number of nitrogens with two attached hydrogens (primary N) is 1. The first-order valence-electron chi connectivity index (χ1n) is 10.7. The van der Waals surface area contributed by atoms with Gasteiger partial charge in [0.25, 0.3) is 5.91 Å². The molecule has 12 heteroatoms. The number of primary amides is 1. The summed E-state index contributed by atoms with van der Waals surface area (Å²) in [5.41, 5.74) is 3.37. The first-order valence-corrected chi connectivity index (χ1v) is 10.7. The first kappa shape index (κ1) is 21.2. The Bertz CT molecular complexity index is 1080. The van der Waals surface area contributed by atoms with Gasteiger partial charge in [-0.05, 0) is 17.7 Å². The van der Waals surface area contributed by atoms with E-state index in [2.05, 4.69) is 21.3 Å². The Hall–Kier alpha value is -3.67. The fourth-order valence-corrected chi connectivity index (χ4v) is 5.26. The number of hydrogen-bond acceptors (Lipinski definition) is 7. The lowest BCUT2D eigenvalue weighted by Gasteiger charge is -2.41. The second-order valence-corrected chi connectivity index (χ2v) is 9.23. The number of phenols is 1. The number of nitrogens with zero attached hydrogens (tertiary/aromatic N) is 1. The third-order valence-electron chi connectivity index (χ3n) is 7.04. The Morgan fingerprint density at radius 3 is 2.42 bits per heavy atom. The molecule has 12 nitrogen and oxygen atoms in total. The molecule has 2 unspecified atom stereocenters. The van der Waals surface area contributed by atoms with Gasteiger partial charge in [-0.15, -0.1) is 0 Å². The third kappa shape index (κ3) is 3.28. The van der Waals surface area contributed by atoms with Crippen molar-refractivity contribution in [3.8, 4) is 5.75 Å². The summed E-state index contributed by atoms with van der Waals surface area (Å²) in [6.45, 7) is -0.0922. The fraction of sp³-hybridized carbons (Fsp3) is 0.476. The molecular weight excluding hydrogens is 432 g/mol. The number of benzene rings is 1. The predicted molar refractivity (Wildman–Crippen MR) is 111 cm³/mol. The van der Waals surface area contributed by atoms with Gasteiger partial charge in [-0.1, -0.05) is 12.1 Å². The van der Waals surface area contributed by atoms with E-state index in [4.69, 9.17) is 5.73 Å². The number of phenolic OH excluding ortho intramolecular Hbond substituents is 1. The zero-order valence-electron chi connectivity index (χ0n) is 17.6. The predicted octanol–water partition coefficient (Wildman–Crippen LogP) is -3.40. The van der Waals surface area contributed by atoms with E-state index in [-0.39, 0.29) is 38.1 Å². The quantitative estimate of drug-likeness (QED) is 0.274. The van der Waals surface area contributed by atoms with Gasteiger partial charge in [0.2, 0.25) is 23.6 Å². The zero-order chi connectivity index (χ0) is 23.5. The van der Waals surface area contributed by atoms with Gasteiger partial charge >= 0.3 is 0 Å².